The van der Waals surface area contributed by atoms with E-state index in [0.717, 1.165) is 5.92 Å². The maximum absolute atomic E-state index is 3.91. The average Bonchev–Trinajstić information content (AvgIpc) is 2.78. The lowest BCUT2D eigenvalue weighted by Crippen LogP contribution is -2.60. The third-order valence-electron chi connectivity index (χ3n) is 6.08. The zero-order valence-corrected chi connectivity index (χ0v) is 12.5. The third kappa shape index (κ3) is 1.91. The van der Waals surface area contributed by atoms with Crippen LogP contribution in [0.4, 0.5) is 0 Å². The van der Waals surface area contributed by atoms with Gasteiger partial charge in [0.25, 0.3) is 0 Å². The molecule has 2 saturated carbocycles. The molecular formula is C15H29N3. The third-order valence-corrected chi connectivity index (χ3v) is 6.08. The molecule has 0 spiro atoms. The Morgan fingerprint density at radius 1 is 1.06 bits per heavy atom. The Kier molecular flexibility index (Phi) is 3.00. The molecule has 3 nitrogen and oxygen atoms in total. The Labute approximate surface area is 112 Å². The summed E-state index contributed by atoms with van der Waals surface area (Å²) in [7, 11) is 2.22. The number of rotatable bonds is 2. The number of hydrogen-bond acceptors (Lipinski definition) is 3. The molecule has 0 amide bonds. The molecule has 1 heterocycles. The van der Waals surface area contributed by atoms with Gasteiger partial charge in [0.2, 0.25) is 0 Å². The summed E-state index contributed by atoms with van der Waals surface area (Å²) in [6.45, 7) is 12.2. The molecular weight excluding hydrogens is 222 g/mol. The van der Waals surface area contributed by atoms with Gasteiger partial charge < -0.3 is 4.90 Å². The average molecular weight is 251 g/mol. The molecule has 3 unspecified atom stereocenters. The van der Waals surface area contributed by atoms with Gasteiger partial charge in [-0.2, -0.15) is 0 Å². The van der Waals surface area contributed by atoms with Crippen molar-refractivity contribution in [1.29, 1.82) is 0 Å². The number of hydrogen-bond donors (Lipinski definition) is 1. The van der Waals surface area contributed by atoms with Gasteiger partial charge in [-0.25, -0.2) is 5.01 Å². The fourth-order valence-electron chi connectivity index (χ4n) is 4.74. The standard InChI is InChI=1S/C15H29N3/c1-14(2)12-5-6-15(3,11-12)13(14)16-18-9-7-17(4)8-10-18/h12-13,16H,5-11H2,1-4H3. The van der Waals surface area contributed by atoms with Crippen LogP contribution in [0.3, 0.4) is 0 Å². The Bertz CT molecular complexity index is 315. The summed E-state index contributed by atoms with van der Waals surface area (Å²) in [5.74, 6) is 0.937. The second kappa shape index (κ2) is 4.19. The Hall–Kier alpha value is -0.120. The van der Waals surface area contributed by atoms with Crippen LogP contribution in [0.2, 0.25) is 0 Å². The number of nitrogens with zero attached hydrogens (tertiary/aromatic N) is 2. The molecule has 18 heavy (non-hydrogen) atoms. The maximum Gasteiger partial charge on any atom is 0.0322 e. The van der Waals surface area contributed by atoms with E-state index < -0.39 is 0 Å². The molecule has 2 aliphatic carbocycles. The highest BCUT2D eigenvalue weighted by molar-refractivity contribution is 5.11. The topological polar surface area (TPSA) is 18.5 Å². The molecule has 0 aromatic rings. The first-order valence-corrected chi connectivity index (χ1v) is 7.61. The molecule has 1 saturated heterocycles. The lowest BCUT2D eigenvalue weighted by molar-refractivity contribution is 0.00937. The van der Waals surface area contributed by atoms with Crippen molar-refractivity contribution in [2.24, 2.45) is 16.7 Å². The monoisotopic (exact) mass is 251 g/mol. The quantitative estimate of drug-likeness (QED) is 0.809. The molecule has 0 radical (unpaired) electrons. The Morgan fingerprint density at radius 2 is 1.72 bits per heavy atom. The van der Waals surface area contributed by atoms with Gasteiger partial charge >= 0.3 is 0 Å². The smallest absolute Gasteiger partial charge is 0.0322 e. The number of hydrazine groups is 1. The SMILES string of the molecule is CN1CCN(NC2C3(C)CCC(C3)C2(C)C)CC1. The second-order valence-electron chi connectivity index (χ2n) is 7.77. The maximum atomic E-state index is 3.91. The largest absolute Gasteiger partial charge is 0.304 e. The van der Waals surface area contributed by atoms with Crippen molar-refractivity contribution >= 4 is 0 Å². The summed E-state index contributed by atoms with van der Waals surface area (Å²) in [5.41, 5.74) is 4.92. The number of piperazine rings is 1. The van der Waals surface area contributed by atoms with Crippen molar-refractivity contribution in [3.8, 4) is 0 Å². The molecule has 2 bridgehead atoms. The summed E-state index contributed by atoms with van der Waals surface area (Å²) in [5, 5.41) is 2.48. The van der Waals surface area contributed by atoms with E-state index in [1.807, 2.05) is 0 Å². The Morgan fingerprint density at radius 3 is 2.28 bits per heavy atom. The minimum Gasteiger partial charge on any atom is -0.304 e. The van der Waals surface area contributed by atoms with Crippen LogP contribution in [0.25, 0.3) is 0 Å². The summed E-state index contributed by atoms with van der Waals surface area (Å²) < 4.78 is 0. The van der Waals surface area contributed by atoms with E-state index in [1.54, 1.807) is 0 Å². The van der Waals surface area contributed by atoms with Gasteiger partial charge in [-0.1, -0.05) is 20.8 Å². The van der Waals surface area contributed by atoms with Crippen LogP contribution in [-0.2, 0) is 0 Å². The van der Waals surface area contributed by atoms with Gasteiger partial charge in [-0.15, -0.1) is 0 Å². The van der Waals surface area contributed by atoms with E-state index in [4.69, 9.17) is 0 Å². The molecule has 3 heteroatoms. The zero-order chi connectivity index (χ0) is 13.0. The van der Waals surface area contributed by atoms with Crippen LogP contribution >= 0.6 is 0 Å². The first-order chi connectivity index (χ1) is 8.42. The molecule has 3 fully saturated rings. The van der Waals surface area contributed by atoms with Crippen molar-refractivity contribution in [2.75, 3.05) is 33.2 Å². The van der Waals surface area contributed by atoms with Crippen LogP contribution in [0.1, 0.15) is 40.0 Å². The van der Waals surface area contributed by atoms with Gasteiger partial charge in [0.05, 0.1) is 0 Å². The van der Waals surface area contributed by atoms with Crippen molar-refractivity contribution < 1.29 is 0 Å². The lowest BCUT2D eigenvalue weighted by Gasteiger charge is -2.46. The summed E-state index contributed by atoms with van der Waals surface area (Å²) in [6, 6.07) is 0.673. The predicted molar refractivity (Wildman–Crippen MR) is 75.2 cm³/mol. The van der Waals surface area contributed by atoms with E-state index in [0.29, 0.717) is 16.9 Å². The van der Waals surface area contributed by atoms with Crippen molar-refractivity contribution in [2.45, 2.75) is 46.1 Å². The van der Waals surface area contributed by atoms with Gasteiger partial charge in [0.1, 0.15) is 0 Å². The minimum atomic E-state index is 0.469. The molecule has 104 valence electrons. The first-order valence-electron chi connectivity index (χ1n) is 7.61. The van der Waals surface area contributed by atoms with E-state index in [2.05, 4.69) is 43.2 Å². The molecule has 1 N–H and O–H groups in total. The van der Waals surface area contributed by atoms with Crippen molar-refractivity contribution in [1.82, 2.24) is 15.3 Å². The molecule has 0 aromatic heterocycles. The Balaban J connectivity index is 1.68. The highest BCUT2D eigenvalue weighted by Gasteiger charge is 2.59. The molecule has 0 aromatic carbocycles. The molecule has 1 aliphatic heterocycles. The van der Waals surface area contributed by atoms with Gasteiger partial charge in [-0.3, -0.25) is 5.43 Å². The number of nitrogens with one attached hydrogen (secondary N) is 1. The summed E-state index contributed by atoms with van der Waals surface area (Å²) >= 11 is 0. The van der Waals surface area contributed by atoms with Crippen LogP contribution in [0.15, 0.2) is 0 Å². The van der Waals surface area contributed by atoms with E-state index >= 15 is 0 Å². The van der Waals surface area contributed by atoms with E-state index in [9.17, 15) is 0 Å². The van der Waals surface area contributed by atoms with Crippen LogP contribution in [0.5, 0.6) is 0 Å². The lowest BCUT2D eigenvalue weighted by atomic mass is 9.68. The first kappa shape index (κ1) is 12.9. The van der Waals surface area contributed by atoms with Crippen molar-refractivity contribution in [3.63, 3.8) is 0 Å². The number of likely N-dealkylation sites (N-methyl/N-ethyl adjacent to an activating group) is 1. The number of fused-ring (bicyclic) bond motifs is 2. The highest BCUT2D eigenvalue weighted by Crippen LogP contribution is 2.62. The summed E-state index contributed by atoms with van der Waals surface area (Å²) in [4.78, 5) is 2.42. The minimum absolute atomic E-state index is 0.469. The van der Waals surface area contributed by atoms with Crippen LogP contribution in [0, 0.1) is 16.7 Å². The van der Waals surface area contributed by atoms with Gasteiger partial charge in [-0.05, 0) is 43.1 Å². The van der Waals surface area contributed by atoms with Crippen molar-refractivity contribution in [3.05, 3.63) is 0 Å². The fourth-order valence-corrected chi connectivity index (χ4v) is 4.74. The van der Waals surface area contributed by atoms with E-state index in [1.165, 1.54) is 45.4 Å². The van der Waals surface area contributed by atoms with Gasteiger partial charge in [0.15, 0.2) is 0 Å². The predicted octanol–water partition coefficient (Wildman–Crippen LogP) is 1.95. The molecule has 3 atom stereocenters. The summed E-state index contributed by atoms with van der Waals surface area (Å²) in [6.07, 6.45) is 4.31. The molecule has 3 aliphatic rings. The normalized spacial score (nSPS) is 44.7. The second-order valence-corrected chi connectivity index (χ2v) is 7.77. The zero-order valence-electron chi connectivity index (χ0n) is 12.5. The van der Waals surface area contributed by atoms with E-state index in [-0.39, 0.29) is 0 Å². The fraction of sp³-hybridized carbons (Fsp3) is 1.00. The van der Waals surface area contributed by atoms with Gasteiger partial charge in [0, 0.05) is 32.2 Å². The van der Waals surface area contributed by atoms with Crippen LogP contribution in [-0.4, -0.2) is 49.2 Å². The highest BCUT2D eigenvalue weighted by atomic mass is 15.5. The van der Waals surface area contributed by atoms with Crippen LogP contribution < -0.4 is 5.43 Å². The molecule has 3 rings (SSSR count).